The number of hydrogen-bond donors (Lipinski definition) is 1. The molecule has 2 atom stereocenters. The van der Waals surface area contributed by atoms with E-state index in [1.165, 1.54) is 24.2 Å². The molecule has 8 nitrogen and oxygen atoms in total. The van der Waals surface area contributed by atoms with Crippen LogP contribution in [0.15, 0.2) is 48.5 Å². The number of urea groups is 1. The Morgan fingerprint density at radius 1 is 0.756 bits per heavy atom. The quantitative estimate of drug-likeness (QED) is 0.499. The van der Waals surface area contributed by atoms with E-state index in [9.17, 15) is 19.2 Å². The van der Waals surface area contributed by atoms with Gasteiger partial charge in [0.2, 0.25) is 17.7 Å². The van der Waals surface area contributed by atoms with E-state index in [2.05, 4.69) is 5.32 Å². The molecule has 2 aliphatic heterocycles. The Balaban J connectivity index is 1.17. The standard InChI is InChI=1S/C33H40N4O4/c38-30(34-25-7-2-1-3-8-25)21-23-12-18-27(19-13-23)37-32(40)28-9-4-5-10-29(28)36(33(37)41)22-24-14-16-26(17-15-24)35-20-6-11-31(35)39/h12-19,25,28-29H,1-11,20-22H2,(H,34,38). The average Bonchev–Trinajstić information content (AvgIpc) is 3.42. The summed E-state index contributed by atoms with van der Waals surface area (Å²) in [6, 6.07) is 15.0. The maximum absolute atomic E-state index is 13.9. The minimum atomic E-state index is -0.292. The van der Waals surface area contributed by atoms with Crippen molar-refractivity contribution in [2.75, 3.05) is 16.3 Å². The number of amides is 5. The SMILES string of the molecule is O=C(Cc1ccc(N2C(=O)C3CCCCC3N(Cc3ccc(N4CCCC4=O)cc3)C2=O)cc1)NC1CCCCC1. The van der Waals surface area contributed by atoms with E-state index < -0.39 is 0 Å². The van der Waals surface area contributed by atoms with Gasteiger partial charge in [-0.1, -0.05) is 56.4 Å². The second-order valence-electron chi connectivity index (χ2n) is 12.1. The molecule has 2 aromatic carbocycles. The highest BCUT2D eigenvalue weighted by molar-refractivity contribution is 6.17. The van der Waals surface area contributed by atoms with Gasteiger partial charge in [-0.15, -0.1) is 0 Å². The van der Waals surface area contributed by atoms with Gasteiger partial charge in [0.15, 0.2) is 0 Å². The number of hydrogen-bond acceptors (Lipinski definition) is 4. The van der Waals surface area contributed by atoms with Gasteiger partial charge in [0.1, 0.15) is 0 Å². The van der Waals surface area contributed by atoms with E-state index in [0.29, 0.717) is 18.7 Å². The van der Waals surface area contributed by atoms with Gasteiger partial charge < -0.3 is 15.1 Å². The van der Waals surface area contributed by atoms with Crippen LogP contribution in [0.2, 0.25) is 0 Å². The van der Waals surface area contributed by atoms with Crippen molar-refractivity contribution >= 4 is 35.1 Å². The molecule has 2 saturated heterocycles. The second-order valence-corrected chi connectivity index (χ2v) is 12.1. The zero-order valence-electron chi connectivity index (χ0n) is 23.7. The van der Waals surface area contributed by atoms with E-state index in [-0.39, 0.29) is 48.2 Å². The largest absolute Gasteiger partial charge is 0.353 e. The van der Waals surface area contributed by atoms with Crippen LogP contribution < -0.4 is 15.1 Å². The Morgan fingerprint density at radius 2 is 1.41 bits per heavy atom. The lowest BCUT2D eigenvalue weighted by Crippen LogP contribution is -2.62. The van der Waals surface area contributed by atoms with Gasteiger partial charge in [-0.2, -0.15) is 0 Å². The number of nitrogens with zero attached hydrogens (tertiary/aromatic N) is 3. The number of benzene rings is 2. The van der Waals surface area contributed by atoms with Gasteiger partial charge in [0.05, 0.1) is 18.0 Å². The van der Waals surface area contributed by atoms with E-state index in [0.717, 1.165) is 68.3 Å². The number of carbonyl (C=O) groups excluding carboxylic acids is 4. The van der Waals surface area contributed by atoms with Gasteiger partial charge in [0, 0.05) is 37.3 Å². The van der Waals surface area contributed by atoms with Crippen molar-refractivity contribution in [3.63, 3.8) is 0 Å². The number of carbonyl (C=O) groups is 4. The van der Waals surface area contributed by atoms with Gasteiger partial charge in [-0.3, -0.25) is 14.4 Å². The van der Waals surface area contributed by atoms with Gasteiger partial charge in [-0.25, -0.2) is 9.69 Å². The molecule has 6 rings (SSSR count). The summed E-state index contributed by atoms with van der Waals surface area (Å²) in [7, 11) is 0. The zero-order chi connectivity index (χ0) is 28.3. The van der Waals surface area contributed by atoms with Crippen molar-refractivity contribution in [3.05, 3.63) is 59.7 Å². The molecule has 0 aromatic heterocycles. The first-order chi connectivity index (χ1) is 20.0. The lowest BCUT2D eigenvalue weighted by molar-refractivity contribution is -0.127. The minimum absolute atomic E-state index is 0.0195. The van der Waals surface area contributed by atoms with Crippen LogP contribution in [-0.4, -0.2) is 47.3 Å². The molecule has 216 valence electrons. The highest BCUT2D eigenvalue weighted by Gasteiger charge is 2.47. The highest BCUT2D eigenvalue weighted by Crippen LogP contribution is 2.37. The molecule has 5 amide bonds. The van der Waals surface area contributed by atoms with Gasteiger partial charge in [-0.05, 0) is 67.5 Å². The molecule has 2 unspecified atom stereocenters. The predicted molar refractivity (Wildman–Crippen MR) is 157 cm³/mol. The first kappa shape index (κ1) is 27.5. The molecule has 2 heterocycles. The molecule has 2 aromatic rings. The average molecular weight is 557 g/mol. The summed E-state index contributed by atoms with van der Waals surface area (Å²) >= 11 is 0. The number of rotatable bonds is 7. The van der Waals surface area contributed by atoms with E-state index >= 15 is 0 Å². The summed E-state index contributed by atoms with van der Waals surface area (Å²) in [5.41, 5.74) is 3.28. The molecule has 2 aliphatic carbocycles. The topological polar surface area (TPSA) is 90.0 Å². The van der Waals surface area contributed by atoms with Crippen molar-refractivity contribution in [1.29, 1.82) is 0 Å². The summed E-state index contributed by atoms with van der Waals surface area (Å²) in [6.07, 6.45) is 11.0. The molecule has 4 fully saturated rings. The third-order valence-corrected chi connectivity index (χ3v) is 9.31. The number of nitrogens with one attached hydrogen (secondary N) is 1. The van der Waals surface area contributed by atoms with Crippen molar-refractivity contribution < 1.29 is 19.2 Å². The lowest BCUT2D eigenvalue weighted by Gasteiger charge is -2.46. The molecular formula is C33H40N4O4. The maximum atomic E-state index is 13.9. The fourth-order valence-electron chi connectivity index (χ4n) is 7.10. The first-order valence-corrected chi connectivity index (χ1v) is 15.4. The van der Waals surface area contributed by atoms with Crippen LogP contribution in [0.5, 0.6) is 0 Å². The van der Waals surface area contributed by atoms with Crippen molar-refractivity contribution in [1.82, 2.24) is 10.2 Å². The summed E-state index contributed by atoms with van der Waals surface area (Å²) in [6.45, 7) is 1.16. The number of imide groups is 1. The Morgan fingerprint density at radius 3 is 2.12 bits per heavy atom. The lowest BCUT2D eigenvalue weighted by atomic mass is 9.81. The van der Waals surface area contributed by atoms with Gasteiger partial charge >= 0.3 is 6.03 Å². The molecule has 0 bridgehead atoms. The fraction of sp³-hybridized carbons (Fsp3) is 0.515. The molecule has 1 N–H and O–H groups in total. The van der Waals surface area contributed by atoms with Crippen LogP contribution in [0, 0.1) is 5.92 Å². The third-order valence-electron chi connectivity index (χ3n) is 9.31. The van der Waals surface area contributed by atoms with E-state index in [1.54, 1.807) is 12.1 Å². The number of fused-ring (bicyclic) bond motifs is 1. The second kappa shape index (κ2) is 12.0. The molecule has 4 aliphatic rings. The van der Waals surface area contributed by atoms with Crippen molar-refractivity contribution in [2.24, 2.45) is 5.92 Å². The smallest absolute Gasteiger partial charge is 0.331 e. The Kier molecular flexibility index (Phi) is 8.08. The van der Waals surface area contributed by atoms with Crippen LogP contribution in [-0.2, 0) is 27.3 Å². The van der Waals surface area contributed by atoms with Crippen LogP contribution in [0.1, 0.15) is 81.8 Å². The molecule has 2 saturated carbocycles. The Labute approximate surface area is 242 Å². The first-order valence-electron chi connectivity index (χ1n) is 15.4. The van der Waals surface area contributed by atoms with Crippen LogP contribution in [0.4, 0.5) is 16.2 Å². The normalized spacial score (nSPS) is 23.6. The molecular weight excluding hydrogens is 516 g/mol. The highest BCUT2D eigenvalue weighted by atomic mass is 16.2. The summed E-state index contributed by atoms with van der Waals surface area (Å²) < 4.78 is 0. The summed E-state index contributed by atoms with van der Waals surface area (Å²) in [4.78, 5) is 57.3. The predicted octanol–water partition coefficient (Wildman–Crippen LogP) is 5.33. The fourth-order valence-corrected chi connectivity index (χ4v) is 7.10. The zero-order valence-corrected chi connectivity index (χ0v) is 23.7. The molecule has 0 radical (unpaired) electrons. The van der Waals surface area contributed by atoms with Crippen molar-refractivity contribution in [2.45, 2.75) is 95.7 Å². The number of anilines is 2. The minimum Gasteiger partial charge on any atom is -0.353 e. The monoisotopic (exact) mass is 556 g/mol. The molecule has 8 heteroatoms. The Hall–Kier alpha value is -3.68. The molecule has 41 heavy (non-hydrogen) atoms. The van der Waals surface area contributed by atoms with Crippen LogP contribution in [0.3, 0.4) is 0 Å². The van der Waals surface area contributed by atoms with Crippen molar-refractivity contribution in [3.8, 4) is 0 Å². The van der Waals surface area contributed by atoms with Gasteiger partial charge in [0.25, 0.3) is 0 Å². The van der Waals surface area contributed by atoms with Crippen LogP contribution >= 0.6 is 0 Å². The maximum Gasteiger partial charge on any atom is 0.331 e. The summed E-state index contributed by atoms with van der Waals surface area (Å²) in [5.74, 6) is -0.171. The van der Waals surface area contributed by atoms with E-state index in [1.807, 2.05) is 46.2 Å². The third kappa shape index (κ3) is 5.88. The van der Waals surface area contributed by atoms with E-state index in [4.69, 9.17) is 0 Å². The summed E-state index contributed by atoms with van der Waals surface area (Å²) in [5, 5.41) is 3.16. The Bertz CT molecular complexity index is 1290. The molecule has 0 spiro atoms. The van der Waals surface area contributed by atoms with Crippen LogP contribution in [0.25, 0.3) is 0 Å².